The molecule has 1 rings (SSSR count). The third-order valence-corrected chi connectivity index (χ3v) is 2.84. The van der Waals surface area contributed by atoms with Crippen LogP contribution in [0.2, 0.25) is 0 Å². The number of benzene rings is 1. The zero-order valence-corrected chi connectivity index (χ0v) is 10.8. The van der Waals surface area contributed by atoms with Crippen molar-refractivity contribution in [1.29, 1.82) is 0 Å². The minimum atomic E-state index is 0.434. The first-order chi connectivity index (χ1) is 7.65. The number of ether oxygens (including phenoxy) is 1. The normalized spacial score (nSPS) is 10.5. The molecule has 0 saturated carbocycles. The van der Waals surface area contributed by atoms with Crippen LogP contribution in [0.25, 0.3) is 0 Å². The number of phenols is 1. The smallest absolute Gasteiger partial charge is 0.123 e. The van der Waals surface area contributed by atoms with Crippen LogP contribution in [0.1, 0.15) is 43.9 Å². The van der Waals surface area contributed by atoms with E-state index in [1.54, 1.807) is 0 Å². The Balaban J connectivity index is 3.20. The van der Waals surface area contributed by atoms with E-state index in [2.05, 4.69) is 20.8 Å². The largest absolute Gasteiger partial charge is 0.507 e. The van der Waals surface area contributed by atoms with Crippen LogP contribution in [0, 0.1) is 6.92 Å². The minimum Gasteiger partial charge on any atom is -0.507 e. The summed E-state index contributed by atoms with van der Waals surface area (Å²) in [5, 5.41) is 10.0. The Morgan fingerprint density at radius 1 is 1.12 bits per heavy atom. The lowest BCUT2D eigenvalue weighted by atomic mass is 9.97. The van der Waals surface area contributed by atoms with E-state index >= 15 is 0 Å². The van der Waals surface area contributed by atoms with E-state index in [4.69, 9.17) is 4.74 Å². The molecule has 1 N–H and O–H groups in total. The van der Waals surface area contributed by atoms with Crippen molar-refractivity contribution in [2.45, 2.75) is 47.0 Å². The van der Waals surface area contributed by atoms with E-state index in [1.165, 1.54) is 0 Å². The highest BCUT2D eigenvalue weighted by atomic mass is 16.5. The van der Waals surface area contributed by atoms with Gasteiger partial charge in [0.05, 0.1) is 6.61 Å². The summed E-state index contributed by atoms with van der Waals surface area (Å²) < 4.78 is 5.74. The summed E-state index contributed by atoms with van der Waals surface area (Å²) in [6, 6.07) is 1.95. The molecule has 0 aromatic heterocycles. The second-order valence-corrected chi connectivity index (χ2v) is 4.05. The highest BCUT2D eigenvalue weighted by Crippen LogP contribution is 2.34. The molecule has 0 atom stereocenters. The molecule has 16 heavy (non-hydrogen) atoms. The summed E-state index contributed by atoms with van der Waals surface area (Å²) in [6.45, 7) is 8.92. The molecule has 0 saturated heterocycles. The van der Waals surface area contributed by atoms with Crippen LogP contribution >= 0.6 is 0 Å². The van der Waals surface area contributed by atoms with Gasteiger partial charge in [0.1, 0.15) is 11.5 Å². The van der Waals surface area contributed by atoms with Gasteiger partial charge in [0.25, 0.3) is 0 Å². The molecule has 2 heteroatoms. The highest BCUT2D eigenvalue weighted by Gasteiger charge is 2.13. The van der Waals surface area contributed by atoms with E-state index in [1.807, 2.05) is 13.0 Å². The fourth-order valence-electron chi connectivity index (χ4n) is 1.99. The molecule has 0 unspecified atom stereocenters. The molecular formula is C14H22O2. The number of phenolic OH excluding ortho intramolecular Hbond substituents is 1. The summed E-state index contributed by atoms with van der Waals surface area (Å²) in [4.78, 5) is 0. The predicted octanol–water partition coefficient (Wildman–Crippen LogP) is 3.61. The van der Waals surface area contributed by atoms with E-state index in [0.29, 0.717) is 5.75 Å². The molecule has 1 aromatic rings. The van der Waals surface area contributed by atoms with Crippen molar-refractivity contribution in [3.05, 3.63) is 22.8 Å². The van der Waals surface area contributed by atoms with Gasteiger partial charge in [-0.3, -0.25) is 0 Å². The molecule has 0 spiro atoms. The van der Waals surface area contributed by atoms with Crippen molar-refractivity contribution in [3.63, 3.8) is 0 Å². The third-order valence-electron chi connectivity index (χ3n) is 2.84. The van der Waals surface area contributed by atoms with Gasteiger partial charge in [-0.05, 0) is 37.8 Å². The quantitative estimate of drug-likeness (QED) is 0.824. The van der Waals surface area contributed by atoms with Crippen molar-refractivity contribution in [2.24, 2.45) is 0 Å². The molecule has 0 radical (unpaired) electrons. The fraction of sp³-hybridized carbons (Fsp3) is 0.571. The van der Waals surface area contributed by atoms with Crippen molar-refractivity contribution in [2.75, 3.05) is 6.61 Å². The number of hydrogen-bond acceptors (Lipinski definition) is 2. The molecule has 0 aliphatic rings. The molecule has 2 nitrogen and oxygen atoms in total. The van der Waals surface area contributed by atoms with E-state index in [9.17, 15) is 5.11 Å². The molecule has 0 heterocycles. The van der Waals surface area contributed by atoms with Crippen LogP contribution in [-0.2, 0) is 12.8 Å². The standard InChI is InChI=1S/C14H22O2/c1-5-8-16-13-9-10(4)14(15)12(7-3)11(13)6-2/h9,15H,5-8H2,1-4H3. The monoisotopic (exact) mass is 222 g/mol. The Morgan fingerprint density at radius 2 is 1.75 bits per heavy atom. The Labute approximate surface area is 98.3 Å². The second kappa shape index (κ2) is 5.78. The summed E-state index contributed by atoms with van der Waals surface area (Å²) in [7, 11) is 0. The zero-order chi connectivity index (χ0) is 12.1. The van der Waals surface area contributed by atoms with Crippen LogP contribution < -0.4 is 4.74 Å². The van der Waals surface area contributed by atoms with Crippen LogP contribution in [-0.4, -0.2) is 11.7 Å². The van der Waals surface area contributed by atoms with Crippen molar-refractivity contribution >= 4 is 0 Å². The molecule has 0 aliphatic heterocycles. The highest BCUT2D eigenvalue weighted by molar-refractivity contribution is 5.52. The molecule has 0 fully saturated rings. The molecule has 90 valence electrons. The predicted molar refractivity (Wildman–Crippen MR) is 67.4 cm³/mol. The summed E-state index contributed by atoms with van der Waals surface area (Å²) in [5.41, 5.74) is 3.09. The SMILES string of the molecule is CCCOc1cc(C)c(O)c(CC)c1CC. The van der Waals surface area contributed by atoms with E-state index in [0.717, 1.165) is 48.3 Å². The Hall–Kier alpha value is -1.18. The van der Waals surface area contributed by atoms with Crippen molar-refractivity contribution < 1.29 is 9.84 Å². The van der Waals surface area contributed by atoms with Gasteiger partial charge in [0.2, 0.25) is 0 Å². The fourth-order valence-corrected chi connectivity index (χ4v) is 1.99. The Bertz CT molecular complexity index is 356. The summed E-state index contributed by atoms with van der Waals surface area (Å²) in [6.07, 6.45) is 2.75. The lowest BCUT2D eigenvalue weighted by molar-refractivity contribution is 0.312. The van der Waals surface area contributed by atoms with E-state index < -0.39 is 0 Å². The summed E-state index contributed by atoms with van der Waals surface area (Å²) in [5.74, 6) is 1.37. The zero-order valence-electron chi connectivity index (χ0n) is 10.8. The van der Waals surface area contributed by atoms with Gasteiger partial charge in [-0.2, -0.15) is 0 Å². The maximum absolute atomic E-state index is 10.0. The molecular weight excluding hydrogens is 200 g/mol. The first-order valence-corrected chi connectivity index (χ1v) is 6.12. The van der Waals surface area contributed by atoms with Crippen LogP contribution in [0.3, 0.4) is 0 Å². The molecule has 0 bridgehead atoms. The Kier molecular flexibility index (Phi) is 4.66. The van der Waals surface area contributed by atoms with E-state index in [-0.39, 0.29) is 0 Å². The van der Waals surface area contributed by atoms with Gasteiger partial charge in [0.15, 0.2) is 0 Å². The lowest BCUT2D eigenvalue weighted by Gasteiger charge is -2.16. The number of aromatic hydroxyl groups is 1. The van der Waals surface area contributed by atoms with Crippen LogP contribution in [0.15, 0.2) is 6.07 Å². The average molecular weight is 222 g/mol. The van der Waals surface area contributed by atoms with Gasteiger partial charge in [0, 0.05) is 11.1 Å². The van der Waals surface area contributed by atoms with Crippen molar-refractivity contribution in [3.8, 4) is 11.5 Å². The minimum absolute atomic E-state index is 0.434. The number of rotatable bonds is 5. The van der Waals surface area contributed by atoms with Gasteiger partial charge in [-0.15, -0.1) is 0 Å². The first-order valence-electron chi connectivity index (χ1n) is 6.12. The molecule has 1 aromatic carbocycles. The molecule has 0 amide bonds. The number of aryl methyl sites for hydroxylation is 1. The van der Waals surface area contributed by atoms with Gasteiger partial charge >= 0.3 is 0 Å². The number of hydrogen-bond donors (Lipinski definition) is 1. The third kappa shape index (κ3) is 2.49. The van der Waals surface area contributed by atoms with Gasteiger partial charge < -0.3 is 9.84 Å². The topological polar surface area (TPSA) is 29.5 Å². The van der Waals surface area contributed by atoms with Gasteiger partial charge in [-0.25, -0.2) is 0 Å². The van der Waals surface area contributed by atoms with Crippen molar-refractivity contribution in [1.82, 2.24) is 0 Å². The summed E-state index contributed by atoms with van der Waals surface area (Å²) >= 11 is 0. The first kappa shape index (κ1) is 12.9. The molecule has 0 aliphatic carbocycles. The lowest BCUT2D eigenvalue weighted by Crippen LogP contribution is -2.02. The Morgan fingerprint density at radius 3 is 2.25 bits per heavy atom. The average Bonchev–Trinajstić information content (AvgIpc) is 2.29. The van der Waals surface area contributed by atoms with Crippen LogP contribution in [0.5, 0.6) is 11.5 Å². The maximum Gasteiger partial charge on any atom is 0.123 e. The maximum atomic E-state index is 10.0. The van der Waals surface area contributed by atoms with Gasteiger partial charge in [-0.1, -0.05) is 20.8 Å². The van der Waals surface area contributed by atoms with Crippen LogP contribution in [0.4, 0.5) is 0 Å². The second-order valence-electron chi connectivity index (χ2n) is 4.05.